The highest BCUT2D eigenvalue weighted by Gasteiger charge is 2.73. The van der Waals surface area contributed by atoms with Crippen molar-refractivity contribution in [3.8, 4) is 0 Å². The topological polar surface area (TPSA) is 72.5 Å². The molecule has 2 rings (SSSR count). The molecule has 0 bridgehead atoms. The van der Waals surface area contributed by atoms with Gasteiger partial charge in [-0.2, -0.15) is 26.3 Å². The van der Waals surface area contributed by atoms with E-state index in [1.165, 1.54) is 45.0 Å². The zero-order valence-corrected chi connectivity index (χ0v) is 19.9. The number of carbonyl (C=O) groups is 1. The van der Waals surface area contributed by atoms with Crippen molar-refractivity contribution in [1.82, 2.24) is 0 Å². The van der Waals surface area contributed by atoms with Gasteiger partial charge in [0.25, 0.3) is 5.60 Å². The minimum Gasteiger partial charge on any atom is -0.354 e. The van der Waals surface area contributed by atoms with Gasteiger partial charge in [0.15, 0.2) is 9.84 Å². The lowest BCUT2D eigenvalue weighted by molar-refractivity contribution is -0.391. The molecular formula is C23H25F6NO4S. The Morgan fingerprint density at radius 3 is 1.86 bits per heavy atom. The zero-order valence-electron chi connectivity index (χ0n) is 19.1. The van der Waals surface area contributed by atoms with Crippen LogP contribution in [0.15, 0.2) is 53.4 Å². The van der Waals surface area contributed by atoms with Gasteiger partial charge in [-0.1, -0.05) is 45.0 Å². The summed E-state index contributed by atoms with van der Waals surface area (Å²) in [5.41, 5.74) is -5.24. The van der Waals surface area contributed by atoms with Gasteiger partial charge in [0.1, 0.15) is 0 Å². The van der Waals surface area contributed by atoms with Gasteiger partial charge < -0.3 is 10.1 Å². The summed E-state index contributed by atoms with van der Waals surface area (Å²) in [5, 5.41) is 2.39. The second-order valence-electron chi connectivity index (χ2n) is 8.23. The molecule has 0 aliphatic carbocycles. The summed E-state index contributed by atoms with van der Waals surface area (Å²) in [6.07, 6.45) is -11.8. The number of carbonyl (C=O) groups excluding carboxylic acids is 1. The predicted octanol–water partition coefficient (Wildman–Crippen LogP) is 5.65. The average Bonchev–Trinajstić information content (AvgIpc) is 2.73. The van der Waals surface area contributed by atoms with E-state index in [2.05, 4.69) is 10.1 Å². The van der Waals surface area contributed by atoms with Crippen LogP contribution < -0.4 is 5.32 Å². The second kappa shape index (κ2) is 10.6. The van der Waals surface area contributed by atoms with E-state index in [9.17, 15) is 39.6 Å². The van der Waals surface area contributed by atoms with Gasteiger partial charge in [-0.05, 0) is 35.7 Å². The fourth-order valence-electron chi connectivity index (χ4n) is 3.19. The van der Waals surface area contributed by atoms with Crippen molar-refractivity contribution in [2.75, 3.05) is 17.7 Å². The highest BCUT2D eigenvalue weighted by Crippen LogP contribution is 2.53. The molecule has 0 aliphatic heterocycles. The molecule has 1 amide bonds. The number of benzene rings is 2. The Morgan fingerprint density at radius 2 is 1.43 bits per heavy atom. The number of alkyl halides is 6. The van der Waals surface area contributed by atoms with E-state index in [0.29, 0.717) is 17.7 Å². The molecule has 0 heterocycles. The van der Waals surface area contributed by atoms with Crippen LogP contribution in [-0.4, -0.2) is 39.0 Å². The van der Waals surface area contributed by atoms with Gasteiger partial charge in [0, 0.05) is 11.3 Å². The Hall–Kier alpha value is -2.60. The summed E-state index contributed by atoms with van der Waals surface area (Å²) in [7, 11) is -3.41. The summed E-state index contributed by atoms with van der Waals surface area (Å²) in [5.74, 6) is -1.28. The number of hydrogen-bond acceptors (Lipinski definition) is 4. The molecule has 0 saturated heterocycles. The van der Waals surface area contributed by atoms with E-state index >= 15 is 0 Å². The van der Waals surface area contributed by atoms with E-state index in [0.717, 1.165) is 12.1 Å². The number of sulfone groups is 1. The molecule has 12 heteroatoms. The minimum absolute atomic E-state index is 0.0222. The molecule has 194 valence electrons. The first kappa shape index (κ1) is 28.6. The highest BCUT2D eigenvalue weighted by molar-refractivity contribution is 7.91. The third kappa shape index (κ3) is 6.54. The summed E-state index contributed by atoms with van der Waals surface area (Å²) in [6, 6.07) is 8.66. The number of halogens is 6. The van der Waals surface area contributed by atoms with Crippen LogP contribution in [0.4, 0.5) is 32.0 Å². The van der Waals surface area contributed by atoms with Crippen molar-refractivity contribution in [3.63, 3.8) is 0 Å². The molecule has 0 atom stereocenters. The number of amides is 1. The van der Waals surface area contributed by atoms with Crippen molar-refractivity contribution in [2.24, 2.45) is 5.92 Å². The van der Waals surface area contributed by atoms with E-state index < -0.39 is 51.8 Å². The number of nitrogens with one attached hydrogen (secondary N) is 1. The lowest BCUT2D eigenvalue weighted by Gasteiger charge is -2.38. The van der Waals surface area contributed by atoms with Gasteiger partial charge in [-0.15, -0.1) is 0 Å². The van der Waals surface area contributed by atoms with Crippen LogP contribution in [0.2, 0.25) is 0 Å². The van der Waals surface area contributed by atoms with Crippen molar-refractivity contribution in [2.45, 2.75) is 50.0 Å². The average molecular weight is 526 g/mol. The van der Waals surface area contributed by atoms with Gasteiger partial charge in [-0.25, -0.2) is 8.42 Å². The predicted molar refractivity (Wildman–Crippen MR) is 118 cm³/mol. The van der Waals surface area contributed by atoms with E-state index in [1.54, 1.807) is 0 Å². The summed E-state index contributed by atoms with van der Waals surface area (Å²) < 4.78 is 111. The Kier molecular flexibility index (Phi) is 8.65. The molecular weight excluding hydrogens is 500 g/mol. The fourth-order valence-corrected chi connectivity index (χ4v) is 4.07. The minimum atomic E-state index is -5.79. The SMILES string of the molecule is CCS(=O)(=O)c1ccc(CC(=O)Nc2ccc(C(OCC(C)C)(C(F)(F)F)C(F)(F)F)cc2)cc1. The van der Waals surface area contributed by atoms with E-state index in [-0.39, 0.29) is 22.8 Å². The lowest BCUT2D eigenvalue weighted by atomic mass is 9.91. The molecule has 0 aromatic heterocycles. The van der Waals surface area contributed by atoms with E-state index in [1.807, 2.05) is 0 Å². The normalized spacial score (nSPS) is 13.2. The van der Waals surface area contributed by atoms with E-state index in [4.69, 9.17) is 0 Å². The fraction of sp³-hybridized carbons (Fsp3) is 0.435. The van der Waals surface area contributed by atoms with Gasteiger partial charge >= 0.3 is 12.4 Å². The van der Waals surface area contributed by atoms with Crippen LogP contribution in [0.5, 0.6) is 0 Å². The molecule has 0 spiro atoms. The maximum absolute atomic E-state index is 13.7. The van der Waals surface area contributed by atoms with Crippen molar-refractivity contribution >= 4 is 21.4 Å². The smallest absolute Gasteiger partial charge is 0.354 e. The van der Waals surface area contributed by atoms with Crippen LogP contribution >= 0.6 is 0 Å². The number of hydrogen-bond donors (Lipinski definition) is 1. The Labute approximate surface area is 199 Å². The molecule has 0 unspecified atom stereocenters. The summed E-state index contributed by atoms with van der Waals surface area (Å²) in [6.45, 7) is 3.56. The molecule has 2 aromatic rings. The maximum Gasteiger partial charge on any atom is 0.430 e. The van der Waals surface area contributed by atoms with Crippen molar-refractivity contribution in [1.29, 1.82) is 0 Å². The number of rotatable bonds is 9. The second-order valence-corrected chi connectivity index (χ2v) is 10.5. The monoisotopic (exact) mass is 525 g/mol. The first-order chi connectivity index (χ1) is 16.0. The zero-order chi connectivity index (χ0) is 26.7. The molecule has 5 nitrogen and oxygen atoms in total. The van der Waals surface area contributed by atoms with Crippen molar-refractivity contribution in [3.05, 3.63) is 59.7 Å². The number of anilines is 1. The van der Waals surface area contributed by atoms with Crippen LogP contribution in [0.1, 0.15) is 31.9 Å². The maximum atomic E-state index is 13.7. The van der Waals surface area contributed by atoms with Crippen LogP contribution in [0, 0.1) is 5.92 Å². The number of ether oxygens (including phenoxy) is 1. The van der Waals surface area contributed by atoms with Gasteiger partial charge in [-0.3, -0.25) is 4.79 Å². The Bertz CT molecular complexity index is 1090. The van der Waals surface area contributed by atoms with Crippen molar-refractivity contribution < 1.29 is 44.3 Å². The Morgan fingerprint density at radius 1 is 0.914 bits per heavy atom. The lowest BCUT2D eigenvalue weighted by Crippen LogP contribution is -2.56. The molecule has 1 N–H and O–H groups in total. The Balaban J connectivity index is 2.23. The first-order valence-corrected chi connectivity index (χ1v) is 12.2. The third-order valence-corrected chi connectivity index (χ3v) is 6.78. The van der Waals surface area contributed by atoms with Crippen LogP contribution in [0.25, 0.3) is 0 Å². The van der Waals surface area contributed by atoms with Crippen LogP contribution in [0.3, 0.4) is 0 Å². The quantitative estimate of drug-likeness (QED) is 0.430. The molecule has 0 radical (unpaired) electrons. The largest absolute Gasteiger partial charge is 0.430 e. The molecule has 2 aromatic carbocycles. The molecule has 0 fully saturated rings. The highest BCUT2D eigenvalue weighted by atomic mass is 32.2. The standard InChI is InChI=1S/C23H25F6NO4S/c1-4-35(32,33)19-11-5-16(6-12-19)13-20(31)30-18-9-7-17(8-10-18)21(22(24,25)26,23(27,28)29)34-14-15(2)3/h5-12,15H,4,13-14H2,1-3H3,(H,30,31). The van der Waals surface area contributed by atoms with Gasteiger partial charge in [0.05, 0.1) is 23.7 Å². The molecule has 0 saturated carbocycles. The summed E-state index contributed by atoms with van der Waals surface area (Å²) >= 11 is 0. The first-order valence-electron chi connectivity index (χ1n) is 10.5. The molecule has 0 aliphatic rings. The summed E-state index contributed by atoms with van der Waals surface area (Å²) in [4.78, 5) is 12.4. The van der Waals surface area contributed by atoms with Gasteiger partial charge in [0.2, 0.25) is 5.91 Å². The van der Waals surface area contributed by atoms with Crippen LogP contribution in [-0.2, 0) is 31.4 Å². The molecule has 35 heavy (non-hydrogen) atoms. The third-order valence-electron chi connectivity index (χ3n) is 5.03.